The largest absolute Gasteiger partial charge is 0.481 e. The second-order valence-electron chi connectivity index (χ2n) is 4.97. The number of aliphatic carboxylic acids is 1. The predicted molar refractivity (Wildman–Crippen MR) is 79.0 cm³/mol. The van der Waals surface area contributed by atoms with Crippen molar-refractivity contribution in [2.24, 2.45) is 5.92 Å². The minimum absolute atomic E-state index is 0.0971. The van der Waals surface area contributed by atoms with Gasteiger partial charge >= 0.3 is 5.97 Å². The molecule has 1 aliphatic rings. The summed E-state index contributed by atoms with van der Waals surface area (Å²) < 4.78 is 53.3. The standard InChI is InChI=1S/C14H19F2NO4S/c1-4-6-11-12(5-2)17(22(20)21)9(3)10(14(11,15)16)7-8-13(18)19/h4-6,9-10,22H,1,7-8H2,2-3H3,(H,18,19)/b11-6+,12-5+/t9-,10?/m1/s1. The summed E-state index contributed by atoms with van der Waals surface area (Å²) in [5.41, 5.74) is -0.558. The van der Waals surface area contributed by atoms with Gasteiger partial charge in [-0.05, 0) is 20.3 Å². The summed E-state index contributed by atoms with van der Waals surface area (Å²) in [5.74, 6) is -5.97. The highest BCUT2D eigenvalue weighted by Gasteiger charge is 2.54. The number of allylic oxidation sites excluding steroid dienone is 4. The van der Waals surface area contributed by atoms with Gasteiger partial charge in [0.1, 0.15) is 0 Å². The molecule has 1 N–H and O–H groups in total. The van der Waals surface area contributed by atoms with E-state index in [1.54, 1.807) is 0 Å². The molecule has 1 fully saturated rings. The summed E-state index contributed by atoms with van der Waals surface area (Å²) >= 11 is 0. The lowest BCUT2D eigenvalue weighted by molar-refractivity contribution is -0.138. The minimum Gasteiger partial charge on any atom is -0.481 e. The third-order valence-corrected chi connectivity index (χ3v) is 4.65. The fraction of sp³-hybridized carbons (Fsp3) is 0.500. The summed E-state index contributed by atoms with van der Waals surface area (Å²) in [5, 5.41) is 8.72. The topological polar surface area (TPSA) is 74.7 Å². The van der Waals surface area contributed by atoms with Crippen LogP contribution in [0, 0.1) is 5.92 Å². The van der Waals surface area contributed by atoms with Crippen molar-refractivity contribution < 1.29 is 27.1 Å². The highest BCUT2D eigenvalue weighted by atomic mass is 32.2. The molecule has 8 heteroatoms. The lowest BCUT2D eigenvalue weighted by atomic mass is 9.80. The molecular formula is C14H19F2NO4S. The van der Waals surface area contributed by atoms with E-state index in [-0.39, 0.29) is 12.1 Å². The normalized spacial score (nSPS) is 28.3. The number of hydrogen-bond donors (Lipinski definition) is 2. The zero-order valence-corrected chi connectivity index (χ0v) is 13.2. The molecule has 2 atom stereocenters. The summed E-state index contributed by atoms with van der Waals surface area (Å²) in [6.07, 6.45) is 2.75. The van der Waals surface area contributed by atoms with E-state index in [1.165, 1.54) is 19.9 Å². The van der Waals surface area contributed by atoms with Crippen LogP contribution in [0.15, 0.2) is 36.1 Å². The molecule has 1 heterocycles. The number of carboxylic acid groups (broad SMARTS) is 1. The van der Waals surface area contributed by atoms with Crippen LogP contribution in [0.4, 0.5) is 8.78 Å². The fourth-order valence-electron chi connectivity index (χ4n) is 2.73. The van der Waals surface area contributed by atoms with Crippen molar-refractivity contribution in [3.05, 3.63) is 36.1 Å². The second kappa shape index (κ2) is 7.04. The Labute approximate surface area is 129 Å². The Bertz CT molecular complexity index is 588. The molecule has 0 saturated carbocycles. The monoisotopic (exact) mass is 335 g/mol. The van der Waals surface area contributed by atoms with Crippen molar-refractivity contribution in [2.45, 2.75) is 38.7 Å². The van der Waals surface area contributed by atoms with E-state index in [4.69, 9.17) is 5.11 Å². The quantitative estimate of drug-likeness (QED) is 0.756. The highest BCUT2D eigenvalue weighted by Crippen LogP contribution is 2.47. The molecule has 0 amide bonds. The third-order valence-electron chi connectivity index (χ3n) is 3.72. The number of thiol groups is 1. The van der Waals surface area contributed by atoms with E-state index in [2.05, 4.69) is 6.58 Å². The van der Waals surface area contributed by atoms with Gasteiger partial charge in [-0.15, -0.1) is 0 Å². The maximum atomic E-state index is 14.7. The molecule has 22 heavy (non-hydrogen) atoms. The maximum Gasteiger partial charge on any atom is 0.303 e. The summed E-state index contributed by atoms with van der Waals surface area (Å²) in [6, 6.07) is -1.04. The Kier molecular flexibility index (Phi) is 5.87. The first-order valence-electron chi connectivity index (χ1n) is 6.71. The molecule has 0 aliphatic carbocycles. The number of piperidine rings is 1. The first-order chi connectivity index (χ1) is 10.2. The molecule has 0 aromatic heterocycles. The van der Waals surface area contributed by atoms with Crippen LogP contribution >= 0.6 is 0 Å². The molecule has 0 aromatic carbocycles. The van der Waals surface area contributed by atoms with Crippen LogP contribution < -0.4 is 0 Å². The fourth-order valence-corrected chi connectivity index (χ4v) is 3.58. The van der Waals surface area contributed by atoms with Gasteiger partial charge in [-0.2, -0.15) is 0 Å². The van der Waals surface area contributed by atoms with Crippen LogP contribution in [0.25, 0.3) is 0 Å². The highest BCUT2D eigenvalue weighted by molar-refractivity contribution is 7.70. The Morgan fingerprint density at radius 2 is 2.09 bits per heavy atom. The molecule has 1 saturated heterocycles. The van der Waals surface area contributed by atoms with E-state index < -0.39 is 46.7 Å². The van der Waals surface area contributed by atoms with Crippen molar-refractivity contribution in [2.75, 3.05) is 0 Å². The number of nitrogens with zero attached hydrogens (tertiary/aromatic N) is 1. The second-order valence-corrected chi connectivity index (χ2v) is 5.88. The van der Waals surface area contributed by atoms with Gasteiger partial charge in [0, 0.05) is 17.9 Å². The predicted octanol–water partition coefficient (Wildman–Crippen LogP) is 2.35. The lowest BCUT2D eigenvalue weighted by Crippen LogP contribution is -2.52. The van der Waals surface area contributed by atoms with Crippen LogP contribution in [-0.4, -0.2) is 35.8 Å². The van der Waals surface area contributed by atoms with Gasteiger partial charge in [-0.3, -0.25) is 9.10 Å². The van der Waals surface area contributed by atoms with E-state index >= 15 is 0 Å². The molecule has 1 rings (SSSR count). The summed E-state index contributed by atoms with van der Waals surface area (Å²) in [7, 11) is -3.13. The SMILES string of the molecule is C=C/C=C1\C(=C/C)N([SH](=O)=O)[C@H](C)C(CCC(=O)O)C1(F)F. The molecule has 0 spiro atoms. The van der Waals surface area contributed by atoms with Crippen molar-refractivity contribution in [3.8, 4) is 0 Å². The lowest BCUT2D eigenvalue weighted by Gasteiger charge is -2.44. The molecule has 5 nitrogen and oxygen atoms in total. The van der Waals surface area contributed by atoms with E-state index in [0.717, 1.165) is 16.5 Å². The Hall–Kier alpha value is -1.70. The zero-order chi connectivity index (χ0) is 17.1. The van der Waals surface area contributed by atoms with Crippen molar-refractivity contribution in [1.82, 2.24) is 4.31 Å². The Morgan fingerprint density at radius 3 is 2.50 bits per heavy atom. The number of hydrogen-bond acceptors (Lipinski definition) is 3. The summed E-state index contributed by atoms with van der Waals surface area (Å²) in [4.78, 5) is 10.7. The third kappa shape index (κ3) is 3.37. The maximum absolute atomic E-state index is 14.7. The molecule has 1 aliphatic heterocycles. The van der Waals surface area contributed by atoms with Gasteiger partial charge in [-0.25, -0.2) is 17.2 Å². The van der Waals surface area contributed by atoms with Gasteiger partial charge in [0.2, 0.25) is 10.9 Å². The molecule has 0 aromatic rings. The van der Waals surface area contributed by atoms with Gasteiger partial charge in [-0.1, -0.05) is 24.8 Å². The summed E-state index contributed by atoms with van der Waals surface area (Å²) in [6.45, 7) is 6.21. The smallest absolute Gasteiger partial charge is 0.303 e. The minimum atomic E-state index is -3.34. The van der Waals surface area contributed by atoms with Crippen molar-refractivity contribution in [3.63, 3.8) is 0 Å². The van der Waals surface area contributed by atoms with E-state index in [0.29, 0.717) is 0 Å². The van der Waals surface area contributed by atoms with Gasteiger partial charge < -0.3 is 5.11 Å². The number of rotatable bonds is 5. The number of alkyl halides is 2. The van der Waals surface area contributed by atoms with Crippen LogP contribution in [0.5, 0.6) is 0 Å². The molecular weight excluding hydrogens is 316 g/mol. The van der Waals surface area contributed by atoms with Gasteiger partial charge in [0.25, 0.3) is 5.92 Å². The molecule has 1 unspecified atom stereocenters. The molecule has 0 bridgehead atoms. The first-order valence-corrected chi connectivity index (χ1v) is 7.84. The Balaban J connectivity index is 3.42. The molecule has 124 valence electrons. The first kappa shape index (κ1) is 18.3. The molecule has 0 radical (unpaired) electrons. The van der Waals surface area contributed by atoms with Crippen LogP contribution in [0.3, 0.4) is 0 Å². The van der Waals surface area contributed by atoms with Gasteiger partial charge in [0.15, 0.2) is 0 Å². The zero-order valence-electron chi connectivity index (χ0n) is 12.3. The average Bonchev–Trinajstić information content (AvgIpc) is 2.40. The van der Waals surface area contributed by atoms with Crippen molar-refractivity contribution >= 4 is 16.9 Å². The van der Waals surface area contributed by atoms with Crippen LogP contribution in [0.1, 0.15) is 26.7 Å². The number of halogens is 2. The van der Waals surface area contributed by atoms with Crippen LogP contribution in [0.2, 0.25) is 0 Å². The Morgan fingerprint density at radius 1 is 1.50 bits per heavy atom. The van der Waals surface area contributed by atoms with E-state index in [1.807, 2.05) is 0 Å². The van der Waals surface area contributed by atoms with Crippen molar-refractivity contribution in [1.29, 1.82) is 0 Å². The number of carbonyl (C=O) groups is 1. The number of carboxylic acids is 1. The van der Waals surface area contributed by atoms with Crippen LogP contribution in [-0.2, 0) is 15.7 Å². The van der Waals surface area contributed by atoms with E-state index in [9.17, 15) is 22.0 Å². The average molecular weight is 335 g/mol. The van der Waals surface area contributed by atoms with Gasteiger partial charge in [0.05, 0.1) is 11.7 Å².